The molecular formula is C15H11FN2O6. The first-order valence-electron chi connectivity index (χ1n) is 7.15. The number of imide groups is 1. The number of hydrogen-bond acceptors (Lipinski definition) is 5. The van der Waals surface area contributed by atoms with Crippen molar-refractivity contribution in [1.82, 2.24) is 0 Å². The number of benzene rings is 1. The van der Waals surface area contributed by atoms with Crippen LogP contribution in [0.4, 0.5) is 15.8 Å². The van der Waals surface area contributed by atoms with Crippen molar-refractivity contribution in [3.05, 3.63) is 44.8 Å². The van der Waals surface area contributed by atoms with Crippen LogP contribution in [0.3, 0.4) is 0 Å². The zero-order valence-electron chi connectivity index (χ0n) is 12.2. The van der Waals surface area contributed by atoms with Gasteiger partial charge in [0, 0.05) is 11.1 Å². The van der Waals surface area contributed by atoms with Crippen LogP contribution in [0.1, 0.15) is 36.0 Å². The lowest BCUT2D eigenvalue weighted by Crippen LogP contribution is -2.32. The van der Waals surface area contributed by atoms with Crippen LogP contribution in [0.25, 0.3) is 0 Å². The first kappa shape index (κ1) is 15.8. The lowest BCUT2D eigenvalue weighted by atomic mass is 9.93. The van der Waals surface area contributed by atoms with Crippen LogP contribution < -0.4 is 4.90 Å². The Bertz CT molecular complexity index is 817. The highest BCUT2D eigenvalue weighted by Crippen LogP contribution is 2.38. The van der Waals surface area contributed by atoms with Crippen LogP contribution in [0.5, 0.6) is 0 Å². The van der Waals surface area contributed by atoms with Gasteiger partial charge >= 0.3 is 5.97 Å². The van der Waals surface area contributed by atoms with Crippen LogP contribution in [-0.2, 0) is 9.59 Å². The molecular weight excluding hydrogens is 323 g/mol. The fourth-order valence-electron chi connectivity index (χ4n) is 3.00. The topological polar surface area (TPSA) is 118 Å². The zero-order chi connectivity index (χ0) is 17.6. The first-order valence-corrected chi connectivity index (χ1v) is 7.15. The smallest absolute Gasteiger partial charge is 0.342 e. The van der Waals surface area contributed by atoms with Crippen molar-refractivity contribution in [3.63, 3.8) is 0 Å². The second-order valence-electron chi connectivity index (χ2n) is 5.49. The molecule has 124 valence electrons. The molecule has 0 fully saturated rings. The van der Waals surface area contributed by atoms with Gasteiger partial charge in [0.2, 0.25) is 0 Å². The number of aromatic carboxylic acids is 1. The highest BCUT2D eigenvalue weighted by atomic mass is 19.1. The number of carboxylic acid groups (broad SMARTS) is 1. The molecule has 1 aromatic rings. The molecule has 1 aliphatic heterocycles. The van der Waals surface area contributed by atoms with Crippen molar-refractivity contribution in [2.24, 2.45) is 0 Å². The predicted octanol–water partition coefficient (Wildman–Crippen LogP) is 2.18. The normalized spacial score (nSPS) is 17.3. The second kappa shape index (κ2) is 5.52. The van der Waals surface area contributed by atoms with Crippen molar-refractivity contribution in [3.8, 4) is 0 Å². The number of halogens is 1. The number of hydrogen-bond donors (Lipinski definition) is 1. The molecule has 8 nitrogen and oxygen atoms in total. The average molecular weight is 334 g/mol. The van der Waals surface area contributed by atoms with Gasteiger partial charge in [0.05, 0.1) is 16.7 Å². The lowest BCUT2D eigenvalue weighted by Gasteiger charge is -2.16. The Labute approximate surface area is 134 Å². The summed E-state index contributed by atoms with van der Waals surface area (Å²) in [4.78, 5) is 46.4. The third-order valence-corrected chi connectivity index (χ3v) is 4.12. The number of nitro benzene ring substituents is 1. The number of carbonyl (C=O) groups excluding carboxylic acids is 2. The van der Waals surface area contributed by atoms with Crippen LogP contribution in [-0.4, -0.2) is 27.8 Å². The van der Waals surface area contributed by atoms with Gasteiger partial charge in [-0.15, -0.1) is 0 Å². The maximum atomic E-state index is 14.3. The number of nitro groups is 1. The molecule has 9 heteroatoms. The summed E-state index contributed by atoms with van der Waals surface area (Å²) in [5.74, 6) is -4.24. The Hall–Kier alpha value is -3.10. The summed E-state index contributed by atoms with van der Waals surface area (Å²) in [6.07, 6.45) is 2.26. The summed E-state index contributed by atoms with van der Waals surface area (Å²) in [6.45, 7) is 0. The molecule has 0 saturated heterocycles. The first-order chi connectivity index (χ1) is 11.3. The summed E-state index contributed by atoms with van der Waals surface area (Å²) >= 11 is 0. The van der Waals surface area contributed by atoms with Gasteiger partial charge in [-0.05, 0) is 31.7 Å². The molecule has 0 atom stereocenters. The molecule has 0 radical (unpaired) electrons. The van der Waals surface area contributed by atoms with Crippen molar-refractivity contribution in [2.75, 3.05) is 4.90 Å². The van der Waals surface area contributed by atoms with E-state index in [1.54, 1.807) is 0 Å². The van der Waals surface area contributed by atoms with Gasteiger partial charge in [-0.3, -0.25) is 19.7 Å². The highest BCUT2D eigenvalue weighted by molar-refractivity contribution is 6.33. The van der Waals surface area contributed by atoms with Crippen molar-refractivity contribution < 1.29 is 28.8 Å². The standard InChI is InChI=1S/C15H11FN2O6/c16-10-6-11(18(23)24)9(15(21)22)5-12(10)17-13(19)7-3-1-2-4-8(7)14(17)20/h5-6H,1-4H2,(H,21,22). The number of anilines is 1. The number of amides is 2. The molecule has 1 N–H and O–H groups in total. The van der Waals surface area contributed by atoms with Crippen LogP contribution in [0, 0.1) is 15.9 Å². The lowest BCUT2D eigenvalue weighted by molar-refractivity contribution is -0.385. The Morgan fingerprint density at radius 3 is 2.17 bits per heavy atom. The van der Waals surface area contributed by atoms with E-state index in [1.165, 1.54) is 0 Å². The van der Waals surface area contributed by atoms with Crippen molar-refractivity contribution in [1.29, 1.82) is 0 Å². The summed E-state index contributed by atoms with van der Waals surface area (Å²) in [5.41, 5.74) is -1.70. The minimum atomic E-state index is -1.65. The maximum Gasteiger partial charge on any atom is 0.342 e. The highest BCUT2D eigenvalue weighted by Gasteiger charge is 2.41. The van der Waals surface area contributed by atoms with E-state index in [2.05, 4.69) is 0 Å². The largest absolute Gasteiger partial charge is 0.477 e. The Morgan fingerprint density at radius 1 is 1.17 bits per heavy atom. The summed E-state index contributed by atoms with van der Waals surface area (Å²) in [6, 6.07) is 1.07. The van der Waals surface area contributed by atoms with E-state index in [0.29, 0.717) is 41.0 Å². The van der Waals surface area contributed by atoms with Crippen LogP contribution >= 0.6 is 0 Å². The molecule has 24 heavy (non-hydrogen) atoms. The van der Waals surface area contributed by atoms with Crippen LogP contribution in [0.15, 0.2) is 23.3 Å². The van der Waals surface area contributed by atoms with Gasteiger partial charge in [0.25, 0.3) is 17.5 Å². The van der Waals surface area contributed by atoms with Gasteiger partial charge in [0.15, 0.2) is 5.82 Å². The van der Waals surface area contributed by atoms with Gasteiger partial charge < -0.3 is 5.11 Å². The Kier molecular flexibility index (Phi) is 3.63. The summed E-state index contributed by atoms with van der Waals surface area (Å²) in [5, 5.41) is 19.9. The molecule has 1 aliphatic carbocycles. The third kappa shape index (κ3) is 2.25. The molecule has 0 aromatic heterocycles. The van der Waals surface area contributed by atoms with E-state index in [4.69, 9.17) is 5.11 Å². The molecule has 0 unspecified atom stereocenters. The zero-order valence-corrected chi connectivity index (χ0v) is 12.2. The van der Waals surface area contributed by atoms with Gasteiger partial charge in [-0.25, -0.2) is 14.1 Å². The molecule has 1 aromatic carbocycles. The minimum Gasteiger partial charge on any atom is -0.477 e. The molecule has 2 aliphatic rings. The molecule has 0 saturated carbocycles. The molecule has 0 bridgehead atoms. The SMILES string of the molecule is O=C(O)c1cc(N2C(=O)C3=C(CCCC3)C2=O)c(F)cc1[N+](=O)[O-]. The fourth-order valence-corrected chi connectivity index (χ4v) is 3.00. The predicted molar refractivity (Wildman–Crippen MR) is 78.0 cm³/mol. The molecule has 1 heterocycles. The van der Waals surface area contributed by atoms with E-state index in [-0.39, 0.29) is 0 Å². The van der Waals surface area contributed by atoms with E-state index < -0.39 is 45.5 Å². The Balaban J connectivity index is 2.12. The van der Waals surface area contributed by atoms with Crippen molar-refractivity contribution in [2.45, 2.75) is 25.7 Å². The Morgan fingerprint density at radius 2 is 1.71 bits per heavy atom. The van der Waals surface area contributed by atoms with E-state index >= 15 is 0 Å². The van der Waals surface area contributed by atoms with Crippen LogP contribution in [0.2, 0.25) is 0 Å². The number of rotatable bonds is 3. The maximum absolute atomic E-state index is 14.3. The third-order valence-electron chi connectivity index (χ3n) is 4.12. The van der Waals surface area contributed by atoms with E-state index in [0.717, 1.165) is 12.8 Å². The number of carboxylic acids is 1. The minimum absolute atomic E-state index is 0.306. The monoisotopic (exact) mass is 334 g/mol. The second-order valence-corrected chi connectivity index (χ2v) is 5.49. The fraction of sp³-hybridized carbons (Fsp3) is 0.267. The number of carbonyl (C=O) groups is 3. The summed E-state index contributed by atoms with van der Waals surface area (Å²) < 4.78 is 14.3. The molecule has 0 spiro atoms. The van der Waals surface area contributed by atoms with Crippen molar-refractivity contribution >= 4 is 29.2 Å². The average Bonchev–Trinajstić information content (AvgIpc) is 2.79. The quantitative estimate of drug-likeness (QED) is 0.514. The van der Waals surface area contributed by atoms with Gasteiger partial charge in [0.1, 0.15) is 5.56 Å². The van der Waals surface area contributed by atoms with E-state index in [1.807, 2.05) is 0 Å². The van der Waals surface area contributed by atoms with Gasteiger partial charge in [-0.1, -0.05) is 0 Å². The van der Waals surface area contributed by atoms with E-state index in [9.17, 15) is 28.9 Å². The molecule has 2 amide bonds. The van der Waals surface area contributed by atoms with Gasteiger partial charge in [-0.2, -0.15) is 0 Å². The molecule has 3 rings (SSSR count). The number of nitrogens with zero attached hydrogens (tertiary/aromatic N) is 2. The summed E-state index contributed by atoms with van der Waals surface area (Å²) in [7, 11) is 0.